The monoisotopic (exact) mass is 185 g/mol. The van der Waals surface area contributed by atoms with Gasteiger partial charge in [-0.15, -0.1) is 0 Å². The summed E-state index contributed by atoms with van der Waals surface area (Å²) >= 11 is 0. The van der Waals surface area contributed by atoms with Crippen molar-refractivity contribution >= 4 is 11.6 Å². The lowest BCUT2D eigenvalue weighted by molar-refractivity contribution is -0.120. The maximum absolute atomic E-state index is 11.1. The van der Waals surface area contributed by atoms with Gasteiger partial charge in [-0.3, -0.25) is 9.59 Å². The van der Waals surface area contributed by atoms with Crippen molar-refractivity contribution in [3.05, 3.63) is 0 Å². The minimum Gasteiger partial charge on any atom is -0.301 e. The van der Waals surface area contributed by atoms with Gasteiger partial charge >= 0.3 is 0 Å². The average Bonchev–Trinajstić information content (AvgIpc) is 1.96. The molecule has 0 radical (unpaired) electrons. The summed E-state index contributed by atoms with van der Waals surface area (Å²) in [4.78, 5) is 21.8. The largest absolute Gasteiger partial charge is 0.301 e. The summed E-state index contributed by atoms with van der Waals surface area (Å²) in [5.74, 6) is 0.637. The number of carbonyl (C=O) groups is 2. The Morgan fingerprint density at radius 2 is 1.77 bits per heavy atom. The van der Waals surface area contributed by atoms with Gasteiger partial charge in [0.2, 0.25) is 0 Å². The highest BCUT2D eigenvalue weighted by atomic mass is 16.1. The molecular weight excluding hydrogens is 166 g/mol. The van der Waals surface area contributed by atoms with Gasteiger partial charge in [0.25, 0.3) is 0 Å². The SMILES string of the molecule is CC(=O)CN[C@H](CC(C)C)C(C)=O. The molecule has 3 nitrogen and oxygen atoms in total. The van der Waals surface area contributed by atoms with Crippen LogP contribution in [0.1, 0.15) is 34.1 Å². The maximum atomic E-state index is 11.1. The van der Waals surface area contributed by atoms with Crippen molar-refractivity contribution in [1.82, 2.24) is 5.32 Å². The molecular formula is C10H19NO2. The minimum atomic E-state index is -0.163. The fourth-order valence-corrected chi connectivity index (χ4v) is 1.13. The fraction of sp³-hybridized carbons (Fsp3) is 0.800. The number of nitrogens with one attached hydrogen (secondary N) is 1. The minimum absolute atomic E-state index is 0.0648. The second kappa shape index (κ2) is 5.86. The molecule has 0 fully saturated rings. The van der Waals surface area contributed by atoms with Crippen molar-refractivity contribution in [3.8, 4) is 0 Å². The summed E-state index contributed by atoms with van der Waals surface area (Å²) in [5.41, 5.74) is 0. The summed E-state index contributed by atoms with van der Waals surface area (Å²) in [6.45, 7) is 7.48. The Bertz CT molecular complexity index is 187. The van der Waals surface area contributed by atoms with Crippen molar-refractivity contribution < 1.29 is 9.59 Å². The van der Waals surface area contributed by atoms with Crippen molar-refractivity contribution in [2.75, 3.05) is 6.54 Å². The highest BCUT2D eigenvalue weighted by Gasteiger charge is 2.15. The van der Waals surface area contributed by atoms with Crippen LogP contribution < -0.4 is 5.32 Å². The molecule has 0 spiro atoms. The predicted octanol–water partition coefficient (Wildman–Crippen LogP) is 1.17. The van der Waals surface area contributed by atoms with E-state index in [0.29, 0.717) is 5.92 Å². The van der Waals surface area contributed by atoms with Gasteiger partial charge in [0.1, 0.15) is 11.6 Å². The van der Waals surface area contributed by atoms with E-state index in [4.69, 9.17) is 0 Å². The molecule has 0 unspecified atom stereocenters. The van der Waals surface area contributed by atoms with Crippen LogP contribution in [0.3, 0.4) is 0 Å². The Morgan fingerprint density at radius 1 is 1.23 bits per heavy atom. The second-order valence-corrected chi connectivity index (χ2v) is 3.88. The molecule has 0 amide bonds. The van der Waals surface area contributed by atoms with Crippen molar-refractivity contribution in [1.29, 1.82) is 0 Å². The number of rotatable bonds is 6. The predicted molar refractivity (Wildman–Crippen MR) is 52.6 cm³/mol. The normalized spacial score (nSPS) is 13.0. The number of hydrogen-bond acceptors (Lipinski definition) is 3. The molecule has 0 saturated heterocycles. The van der Waals surface area contributed by atoms with E-state index in [-0.39, 0.29) is 24.2 Å². The van der Waals surface area contributed by atoms with E-state index in [9.17, 15) is 9.59 Å². The lowest BCUT2D eigenvalue weighted by Gasteiger charge is -2.16. The van der Waals surface area contributed by atoms with Crippen LogP contribution >= 0.6 is 0 Å². The number of carbonyl (C=O) groups excluding carboxylic acids is 2. The van der Waals surface area contributed by atoms with E-state index in [2.05, 4.69) is 19.2 Å². The maximum Gasteiger partial charge on any atom is 0.146 e. The van der Waals surface area contributed by atoms with E-state index in [0.717, 1.165) is 6.42 Å². The highest BCUT2D eigenvalue weighted by Crippen LogP contribution is 2.05. The third-order valence-corrected chi connectivity index (χ3v) is 1.80. The first-order valence-electron chi connectivity index (χ1n) is 4.66. The van der Waals surface area contributed by atoms with Gasteiger partial charge in [0, 0.05) is 0 Å². The standard InChI is InChI=1S/C10H19NO2/c1-7(2)5-10(9(4)13)11-6-8(3)12/h7,10-11H,5-6H2,1-4H3/t10-/m1/s1. The molecule has 1 N–H and O–H groups in total. The summed E-state index contributed by atoms with van der Waals surface area (Å²) in [6.07, 6.45) is 0.794. The zero-order valence-electron chi connectivity index (χ0n) is 8.89. The first kappa shape index (κ1) is 12.3. The average molecular weight is 185 g/mol. The molecule has 3 heteroatoms. The summed E-state index contributed by atoms with van der Waals surface area (Å²) in [6, 6.07) is -0.163. The number of Topliss-reactive ketones (excluding diaryl/α,β-unsaturated/α-hetero) is 2. The number of hydrogen-bond donors (Lipinski definition) is 1. The highest BCUT2D eigenvalue weighted by molar-refractivity contribution is 5.83. The van der Waals surface area contributed by atoms with Crippen LogP contribution in [0.5, 0.6) is 0 Å². The Balaban J connectivity index is 3.95. The second-order valence-electron chi connectivity index (χ2n) is 3.88. The van der Waals surface area contributed by atoms with Gasteiger partial charge < -0.3 is 5.32 Å². The molecule has 0 rings (SSSR count). The van der Waals surface area contributed by atoms with Gasteiger partial charge in [-0.2, -0.15) is 0 Å². The topological polar surface area (TPSA) is 46.2 Å². The van der Waals surface area contributed by atoms with E-state index in [1.165, 1.54) is 6.92 Å². The van der Waals surface area contributed by atoms with Crippen LogP contribution in [-0.2, 0) is 9.59 Å². The fourth-order valence-electron chi connectivity index (χ4n) is 1.13. The molecule has 0 aromatic rings. The van der Waals surface area contributed by atoms with Crippen LogP contribution in [0, 0.1) is 5.92 Å². The van der Waals surface area contributed by atoms with E-state index in [1.807, 2.05) is 0 Å². The van der Waals surface area contributed by atoms with Crippen LogP contribution in [0.2, 0.25) is 0 Å². The van der Waals surface area contributed by atoms with Gasteiger partial charge in [0.15, 0.2) is 0 Å². The Kier molecular flexibility index (Phi) is 5.55. The molecule has 0 aliphatic rings. The van der Waals surface area contributed by atoms with E-state index in [1.54, 1.807) is 6.92 Å². The molecule has 0 aromatic heterocycles. The lowest BCUT2D eigenvalue weighted by Crippen LogP contribution is -2.39. The summed E-state index contributed by atoms with van der Waals surface area (Å²) < 4.78 is 0. The molecule has 13 heavy (non-hydrogen) atoms. The first-order chi connectivity index (χ1) is 5.93. The quantitative estimate of drug-likeness (QED) is 0.675. The smallest absolute Gasteiger partial charge is 0.146 e. The van der Waals surface area contributed by atoms with Gasteiger partial charge in [-0.25, -0.2) is 0 Å². The first-order valence-corrected chi connectivity index (χ1v) is 4.66. The molecule has 1 atom stereocenters. The lowest BCUT2D eigenvalue weighted by atomic mass is 10.0. The van der Waals surface area contributed by atoms with Crippen molar-refractivity contribution in [2.24, 2.45) is 5.92 Å². The van der Waals surface area contributed by atoms with Crippen LogP contribution in [0.15, 0.2) is 0 Å². The van der Waals surface area contributed by atoms with Gasteiger partial charge in [-0.1, -0.05) is 13.8 Å². The molecule has 0 aromatic carbocycles. The molecule has 0 aliphatic heterocycles. The third kappa shape index (κ3) is 6.46. The Morgan fingerprint density at radius 3 is 2.08 bits per heavy atom. The molecule has 0 aliphatic carbocycles. The third-order valence-electron chi connectivity index (χ3n) is 1.80. The van der Waals surface area contributed by atoms with Crippen molar-refractivity contribution in [2.45, 2.75) is 40.2 Å². The van der Waals surface area contributed by atoms with Gasteiger partial charge in [-0.05, 0) is 26.2 Å². The molecule has 0 saturated carbocycles. The van der Waals surface area contributed by atoms with Crippen LogP contribution in [0.4, 0.5) is 0 Å². The zero-order valence-corrected chi connectivity index (χ0v) is 8.89. The molecule has 0 heterocycles. The number of ketones is 2. The van der Waals surface area contributed by atoms with Crippen LogP contribution in [0.25, 0.3) is 0 Å². The van der Waals surface area contributed by atoms with Crippen molar-refractivity contribution in [3.63, 3.8) is 0 Å². The van der Waals surface area contributed by atoms with E-state index >= 15 is 0 Å². The Hall–Kier alpha value is -0.700. The van der Waals surface area contributed by atoms with Crippen LogP contribution in [-0.4, -0.2) is 24.2 Å². The molecule has 76 valence electrons. The Labute approximate surface area is 79.9 Å². The zero-order chi connectivity index (χ0) is 10.4. The van der Waals surface area contributed by atoms with E-state index < -0.39 is 0 Å². The summed E-state index contributed by atoms with van der Waals surface area (Å²) in [5, 5.41) is 2.95. The summed E-state index contributed by atoms with van der Waals surface area (Å²) in [7, 11) is 0. The molecule has 0 bridgehead atoms. The van der Waals surface area contributed by atoms with Gasteiger partial charge in [0.05, 0.1) is 12.6 Å².